The average molecular weight is 199 g/mol. The Morgan fingerprint density at radius 3 is 1.93 bits per heavy atom. The predicted octanol–water partition coefficient (Wildman–Crippen LogP) is 4.28. The lowest BCUT2D eigenvalue weighted by Crippen LogP contribution is -2.06. The van der Waals surface area contributed by atoms with Crippen LogP contribution in [-0.2, 0) is 0 Å². The Hall–Kier alpha value is -0.300. The minimum absolute atomic E-state index is 0.333. The van der Waals surface area contributed by atoms with E-state index in [2.05, 4.69) is 13.5 Å². The summed E-state index contributed by atoms with van der Waals surface area (Å²) in [5, 5.41) is 0. The van der Waals surface area contributed by atoms with Gasteiger partial charge in [0.05, 0.1) is 0 Å². The summed E-state index contributed by atoms with van der Waals surface area (Å²) in [6.45, 7) is 9.84. The molecule has 1 heteroatoms. The molecule has 86 valence electrons. The van der Waals surface area contributed by atoms with E-state index in [1.165, 1.54) is 44.9 Å². The van der Waals surface area contributed by atoms with Crippen LogP contribution in [0.15, 0.2) is 12.7 Å². The van der Waals surface area contributed by atoms with Gasteiger partial charge in [-0.05, 0) is 18.9 Å². The number of hydrogen-bond acceptors (Lipinski definition) is 1. The van der Waals surface area contributed by atoms with Crippen LogP contribution in [0.25, 0.3) is 0 Å². The maximum Gasteiger partial charge on any atom is -0.00179 e. The lowest BCUT2D eigenvalue weighted by atomic mass is 10.1. The van der Waals surface area contributed by atoms with Crippen LogP contribution in [0.5, 0.6) is 0 Å². The van der Waals surface area contributed by atoms with Gasteiger partial charge < -0.3 is 5.73 Å². The molecule has 0 heterocycles. The minimum atomic E-state index is 0.333. The maximum absolute atomic E-state index is 5.11. The molecular weight excluding hydrogens is 170 g/mol. The fourth-order valence-corrected chi connectivity index (χ4v) is 1.07. The second-order valence-electron chi connectivity index (χ2n) is 4.09. The van der Waals surface area contributed by atoms with Gasteiger partial charge in [0.2, 0.25) is 0 Å². The van der Waals surface area contributed by atoms with Crippen molar-refractivity contribution in [3.8, 4) is 0 Å². The van der Waals surface area contributed by atoms with Crippen molar-refractivity contribution in [2.24, 2.45) is 5.73 Å². The molecule has 0 aromatic rings. The molecule has 0 bridgehead atoms. The van der Waals surface area contributed by atoms with Crippen LogP contribution < -0.4 is 5.73 Å². The number of rotatable bonds is 7. The summed E-state index contributed by atoms with van der Waals surface area (Å²) in [4.78, 5) is 0. The molecule has 0 aliphatic carbocycles. The van der Waals surface area contributed by atoms with Crippen molar-refractivity contribution in [1.29, 1.82) is 0 Å². The molecule has 2 N–H and O–H groups in total. The molecule has 0 aromatic heterocycles. The van der Waals surface area contributed by atoms with Crippen LogP contribution in [0.3, 0.4) is 0 Å². The van der Waals surface area contributed by atoms with Gasteiger partial charge in [-0.1, -0.05) is 59.0 Å². The molecule has 0 atom stereocenters. The van der Waals surface area contributed by atoms with E-state index >= 15 is 0 Å². The van der Waals surface area contributed by atoms with Gasteiger partial charge in [0.25, 0.3) is 0 Å². The largest absolute Gasteiger partial charge is 0.328 e. The Labute approximate surface area is 90.8 Å². The third-order valence-electron chi connectivity index (χ3n) is 1.76. The van der Waals surface area contributed by atoms with E-state index in [-0.39, 0.29) is 0 Å². The quantitative estimate of drug-likeness (QED) is 0.481. The summed E-state index contributed by atoms with van der Waals surface area (Å²) >= 11 is 0. The van der Waals surface area contributed by atoms with Crippen molar-refractivity contribution in [1.82, 2.24) is 0 Å². The van der Waals surface area contributed by atoms with Crippen molar-refractivity contribution in [2.75, 3.05) is 0 Å². The predicted molar refractivity (Wildman–Crippen MR) is 67.5 cm³/mol. The normalized spacial score (nSPS) is 9.50. The number of allylic oxidation sites excluding steroid dienone is 1. The summed E-state index contributed by atoms with van der Waals surface area (Å²) < 4.78 is 0. The first kappa shape index (κ1) is 16.1. The van der Waals surface area contributed by atoms with E-state index in [0.29, 0.717) is 6.04 Å². The summed E-state index contributed by atoms with van der Waals surface area (Å²) in [5.41, 5.74) is 5.11. The molecule has 0 aliphatic rings. The molecular formula is C13H29N. The molecule has 1 nitrogen and oxygen atoms in total. The Bertz CT molecular complexity index is 94.7. The van der Waals surface area contributed by atoms with Crippen LogP contribution in [0.1, 0.15) is 65.7 Å². The summed E-state index contributed by atoms with van der Waals surface area (Å²) in [5.74, 6) is 0. The Balaban J connectivity index is 0. The van der Waals surface area contributed by atoms with E-state index < -0.39 is 0 Å². The van der Waals surface area contributed by atoms with Gasteiger partial charge in [0.15, 0.2) is 0 Å². The van der Waals surface area contributed by atoms with Gasteiger partial charge >= 0.3 is 0 Å². The van der Waals surface area contributed by atoms with Gasteiger partial charge in [0.1, 0.15) is 0 Å². The van der Waals surface area contributed by atoms with Crippen molar-refractivity contribution in [3.05, 3.63) is 12.7 Å². The van der Waals surface area contributed by atoms with Gasteiger partial charge in [-0.15, -0.1) is 6.58 Å². The Morgan fingerprint density at radius 2 is 1.50 bits per heavy atom. The highest BCUT2D eigenvalue weighted by Gasteiger charge is 1.86. The topological polar surface area (TPSA) is 26.0 Å². The molecule has 0 amide bonds. The highest BCUT2D eigenvalue weighted by atomic mass is 14.6. The zero-order chi connectivity index (χ0) is 11.2. The van der Waals surface area contributed by atoms with E-state index in [1.54, 1.807) is 0 Å². The third kappa shape index (κ3) is 29.8. The summed E-state index contributed by atoms with van der Waals surface area (Å²) in [6, 6.07) is 0.333. The molecule has 0 saturated carbocycles. The van der Waals surface area contributed by atoms with E-state index in [1.807, 2.05) is 19.9 Å². The maximum atomic E-state index is 5.11. The molecule has 0 rings (SSSR count). The molecule has 14 heavy (non-hydrogen) atoms. The SMILES string of the molecule is C=CCCCCCCCC.CC(C)N. The highest BCUT2D eigenvalue weighted by molar-refractivity contribution is 4.65. The van der Waals surface area contributed by atoms with Gasteiger partial charge in [0, 0.05) is 0 Å². The molecule has 0 aliphatic heterocycles. The van der Waals surface area contributed by atoms with Crippen molar-refractivity contribution < 1.29 is 0 Å². The average Bonchev–Trinajstić information content (AvgIpc) is 2.10. The fraction of sp³-hybridized carbons (Fsp3) is 0.846. The van der Waals surface area contributed by atoms with Crippen molar-refractivity contribution in [3.63, 3.8) is 0 Å². The van der Waals surface area contributed by atoms with E-state index in [0.717, 1.165) is 0 Å². The van der Waals surface area contributed by atoms with Gasteiger partial charge in [-0.25, -0.2) is 0 Å². The van der Waals surface area contributed by atoms with Crippen LogP contribution in [0, 0.1) is 0 Å². The second-order valence-corrected chi connectivity index (χ2v) is 4.09. The van der Waals surface area contributed by atoms with E-state index in [9.17, 15) is 0 Å². The highest BCUT2D eigenvalue weighted by Crippen LogP contribution is 2.06. The Morgan fingerprint density at radius 1 is 1.07 bits per heavy atom. The van der Waals surface area contributed by atoms with Crippen molar-refractivity contribution in [2.45, 2.75) is 71.8 Å². The molecule has 0 spiro atoms. The van der Waals surface area contributed by atoms with Gasteiger partial charge in [-0.3, -0.25) is 0 Å². The number of hydrogen-bond donors (Lipinski definition) is 1. The first-order chi connectivity index (χ1) is 6.65. The van der Waals surface area contributed by atoms with Crippen LogP contribution in [0.2, 0.25) is 0 Å². The Kier molecular flexibility index (Phi) is 17.5. The van der Waals surface area contributed by atoms with Crippen LogP contribution in [0.4, 0.5) is 0 Å². The zero-order valence-corrected chi connectivity index (χ0v) is 10.4. The molecule has 0 saturated heterocycles. The summed E-state index contributed by atoms with van der Waals surface area (Å²) in [7, 11) is 0. The lowest BCUT2D eigenvalue weighted by molar-refractivity contribution is 0.611. The first-order valence-corrected chi connectivity index (χ1v) is 6.01. The van der Waals surface area contributed by atoms with Crippen molar-refractivity contribution >= 4 is 0 Å². The first-order valence-electron chi connectivity index (χ1n) is 6.01. The smallest absolute Gasteiger partial charge is 0.00179 e. The summed E-state index contributed by atoms with van der Waals surface area (Å²) in [6.07, 6.45) is 11.6. The fourth-order valence-electron chi connectivity index (χ4n) is 1.07. The molecule has 0 radical (unpaired) electrons. The zero-order valence-electron chi connectivity index (χ0n) is 10.4. The third-order valence-corrected chi connectivity index (χ3v) is 1.76. The van der Waals surface area contributed by atoms with E-state index in [4.69, 9.17) is 5.73 Å². The van der Waals surface area contributed by atoms with Crippen LogP contribution >= 0.6 is 0 Å². The lowest BCUT2D eigenvalue weighted by Gasteiger charge is -1.96. The number of unbranched alkanes of at least 4 members (excludes halogenated alkanes) is 6. The number of nitrogens with two attached hydrogens (primary N) is 1. The standard InChI is InChI=1S/C10H20.C3H9N/c1-3-5-7-9-10-8-6-4-2;1-3(2)4/h3H,1,4-10H2,2H3;3H,4H2,1-2H3. The molecule has 0 fully saturated rings. The monoisotopic (exact) mass is 199 g/mol. The molecule has 0 unspecified atom stereocenters. The van der Waals surface area contributed by atoms with Crippen LogP contribution in [-0.4, -0.2) is 6.04 Å². The van der Waals surface area contributed by atoms with Gasteiger partial charge in [-0.2, -0.15) is 0 Å². The molecule has 0 aromatic carbocycles. The minimum Gasteiger partial charge on any atom is -0.328 e. The second kappa shape index (κ2) is 15.2.